The lowest BCUT2D eigenvalue weighted by Gasteiger charge is -2.12. The van der Waals surface area contributed by atoms with Gasteiger partial charge in [0.25, 0.3) is 0 Å². The number of aliphatic imine (C=N–C) groups is 1. The number of hydrogen-bond donors (Lipinski definition) is 2. The summed E-state index contributed by atoms with van der Waals surface area (Å²) in [5, 5.41) is 5.58. The van der Waals surface area contributed by atoms with Gasteiger partial charge in [-0.2, -0.15) is 13.2 Å². The summed E-state index contributed by atoms with van der Waals surface area (Å²) < 4.78 is 37.8. The van der Waals surface area contributed by atoms with Gasteiger partial charge in [-0.3, -0.25) is 4.99 Å². The lowest BCUT2D eigenvalue weighted by Crippen LogP contribution is -2.39. The van der Waals surface area contributed by atoms with Gasteiger partial charge in [0.15, 0.2) is 5.96 Å². The Kier molecular flexibility index (Phi) is 9.34. The zero-order chi connectivity index (χ0) is 14.1. The molecule has 0 unspecified atom stereocenters. The van der Waals surface area contributed by atoms with E-state index in [0.717, 1.165) is 13.0 Å². The molecular formula is C11H19F3IN5. The summed E-state index contributed by atoms with van der Waals surface area (Å²) in [6, 6.07) is 0. The van der Waals surface area contributed by atoms with Crippen molar-refractivity contribution in [2.24, 2.45) is 4.99 Å². The average Bonchev–Trinajstić information content (AvgIpc) is 2.83. The lowest BCUT2D eigenvalue weighted by molar-refractivity contribution is -0.132. The first-order chi connectivity index (χ1) is 9.01. The first-order valence-corrected chi connectivity index (χ1v) is 5.98. The number of alkyl halides is 3. The Balaban J connectivity index is 0.00000361. The van der Waals surface area contributed by atoms with E-state index in [1.807, 2.05) is 10.8 Å². The monoisotopic (exact) mass is 405 g/mol. The maximum atomic E-state index is 12.0. The van der Waals surface area contributed by atoms with E-state index >= 15 is 0 Å². The first kappa shape index (κ1) is 19.0. The number of guanidine groups is 1. The zero-order valence-corrected chi connectivity index (χ0v) is 13.5. The summed E-state index contributed by atoms with van der Waals surface area (Å²) in [7, 11) is 1.53. The van der Waals surface area contributed by atoms with Crippen molar-refractivity contribution in [1.29, 1.82) is 0 Å². The summed E-state index contributed by atoms with van der Waals surface area (Å²) in [6.07, 6.45) is 1.09. The van der Waals surface area contributed by atoms with Crippen LogP contribution < -0.4 is 10.6 Å². The number of rotatable bonds is 6. The number of imidazole rings is 1. The summed E-state index contributed by atoms with van der Waals surface area (Å²) in [5.74, 6) is 0.384. The molecule has 1 rings (SSSR count). The highest BCUT2D eigenvalue weighted by Gasteiger charge is 2.26. The Morgan fingerprint density at radius 3 is 2.55 bits per heavy atom. The van der Waals surface area contributed by atoms with E-state index in [4.69, 9.17) is 0 Å². The molecule has 0 spiro atoms. The Morgan fingerprint density at radius 1 is 1.30 bits per heavy atom. The van der Waals surface area contributed by atoms with Gasteiger partial charge in [0.05, 0.1) is 12.7 Å². The van der Waals surface area contributed by atoms with Gasteiger partial charge >= 0.3 is 6.18 Å². The van der Waals surface area contributed by atoms with E-state index in [-0.39, 0.29) is 30.5 Å². The summed E-state index contributed by atoms with van der Waals surface area (Å²) in [5.41, 5.74) is 0. The van der Waals surface area contributed by atoms with Crippen molar-refractivity contribution >= 4 is 29.9 Å². The van der Waals surface area contributed by atoms with Crippen LogP contribution in [0.15, 0.2) is 23.7 Å². The first-order valence-electron chi connectivity index (χ1n) is 5.98. The molecule has 0 radical (unpaired) electrons. The molecule has 0 aromatic carbocycles. The van der Waals surface area contributed by atoms with Crippen molar-refractivity contribution in [2.45, 2.75) is 25.6 Å². The Labute approximate surface area is 133 Å². The van der Waals surface area contributed by atoms with E-state index < -0.39 is 12.6 Å². The molecule has 0 atom stereocenters. The normalized spacial score (nSPS) is 11.9. The minimum atomic E-state index is -4.15. The van der Waals surface area contributed by atoms with Crippen molar-refractivity contribution in [2.75, 3.05) is 20.1 Å². The average molecular weight is 405 g/mol. The minimum absolute atomic E-state index is 0. The summed E-state index contributed by atoms with van der Waals surface area (Å²) in [6.45, 7) is 1.25. The number of halogens is 4. The third-order valence-electron chi connectivity index (χ3n) is 2.37. The third kappa shape index (κ3) is 8.99. The fraction of sp³-hybridized carbons (Fsp3) is 0.636. The second kappa shape index (κ2) is 9.83. The molecule has 0 saturated carbocycles. The van der Waals surface area contributed by atoms with E-state index in [1.54, 1.807) is 12.5 Å². The lowest BCUT2D eigenvalue weighted by atomic mass is 10.4. The second-order valence-corrected chi connectivity index (χ2v) is 3.95. The van der Waals surface area contributed by atoms with Gasteiger partial charge in [-0.1, -0.05) is 0 Å². The van der Waals surface area contributed by atoms with Crippen LogP contribution in [0.5, 0.6) is 0 Å². The van der Waals surface area contributed by atoms with Gasteiger partial charge in [-0.15, -0.1) is 24.0 Å². The highest BCUT2D eigenvalue weighted by atomic mass is 127. The van der Waals surface area contributed by atoms with E-state index in [0.29, 0.717) is 12.5 Å². The molecule has 0 amide bonds. The predicted octanol–water partition coefficient (Wildman–Crippen LogP) is 2.01. The van der Waals surface area contributed by atoms with Crippen molar-refractivity contribution in [3.05, 3.63) is 18.7 Å². The summed E-state index contributed by atoms with van der Waals surface area (Å²) >= 11 is 0. The quantitative estimate of drug-likeness (QED) is 0.330. The van der Waals surface area contributed by atoms with Crippen molar-refractivity contribution < 1.29 is 13.2 Å². The van der Waals surface area contributed by atoms with Crippen molar-refractivity contribution in [1.82, 2.24) is 20.2 Å². The molecule has 1 aromatic rings. The highest BCUT2D eigenvalue weighted by Crippen LogP contribution is 2.17. The maximum Gasteiger partial charge on any atom is 0.390 e. The fourth-order valence-corrected chi connectivity index (χ4v) is 1.43. The van der Waals surface area contributed by atoms with Crippen LogP contribution in [-0.2, 0) is 6.54 Å². The molecule has 0 fully saturated rings. The minimum Gasteiger partial charge on any atom is -0.356 e. The molecule has 0 aliphatic rings. The fourth-order valence-electron chi connectivity index (χ4n) is 1.43. The van der Waals surface area contributed by atoms with Crippen LogP contribution in [0, 0.1) is 0 Å². The number of aromatic nitrogens is 2. The standard InChI is InChI=1S/C11H18F3N5.HI/c1-15-10(18-5-3-11(12,13)14)17-4-2-7-19-8-6-16-9-19;/h6,8-9H,2-5,7H2,1H3,(H2,15,17,18);1H. The van der Waals surface area contributed by atoms with Gasteiger partial charge in [0.1, 0.15) is 0 Å². The van der Waals surface area contributed by atoms with Crippen LogP contribution in [0.2, 0.25) is 0 Å². The predicted molar refractivity (Wildman–Crippen MR) is 82.3 cm³/mol. The number of aryl methyl sites for hydroxylation is 1. The molecule has 5 nitrogen and oxygen atoms in total. The largest absolute Gasteiger partial charge is 0.390 e. The van der Waals surface area contributed by atoms with Crippen molar-refractivity contribution in [3.8, 4) is 0 Å². The SMILES string of the molecule is CN=C(NCCCn1ccnc1)NCCC(F)(F)F.I. The third-order valence-corrected chi connectivity index (χ3v) is 2.37. The van der Waals surface area contributed by atoms with Gasteiger partial charge < -0.3 is 15.2 Å². The van der Waals surface area contributed by atoms with Gasteiger partial charge in [0.2, 0.25) is 0 Å². The zero-order valence-electron chi connectivity index (χ0n) is 11.2. The number of nitrogens with zero attached hydrogens (tertiary/aromatic N) is 3. The van der Waals surface area contributed by atoms with Gasteiger partial charge in [0, 0.05) is 39.1 Å². The molecule has 0 aliphatic heterocycles. The van der Waals surface area contributed by atoms with Gasteiger partial charge in [-0.25, -0.2) is 4.98 Å². The maximum absolute atomic E-state index is 12.0. The van der Waals surface area contributed by atoms with Crippen LogP contribution in [0.1, 0.15) is 12.8 Å². The molecule has 0 saturated heterocycles. The van der Waals surface area contributed by atoms with Gasteiger partial charge in [-0.05, 0) is 6.42 Å². The van der Waals surface area contributed by atoms with Crippen LogP contribution >= 0.6 is 24.0 Å². The summed E-state index contributed by atoms with van der Waals surface area (Å²) in [4.78, 5) is 7.77. The smallest absolute Gasteiger partial charge is 0.356 e. The van der Waals surface area contributed by atoms with E-state index in [1.165, 1.54) is 7.05 Å². The Hall–Kier alpha value is -1.00. The molecule has 1 aromatic heterocycles. The molecule has 0 aliphatic carbocycles. The highest BCUT2D eigenvalue weighted by molar-refractivity contribution is 14.0. The Morgan fingerprint density at radius 2 is 2.00 bits per heavy atom. The number of nitrogens with one attached hydrogen (secondary N) is 2. The molecule has 9 heteroatoms. The molecule has 1 heterocycles. The number of hydrogen-bond acceptors (Lipinski definition) is 2. The molecular weight excluding hydrogens is 386 g/mol. The second-order valence-electron chi connectivity index (χ2n) is 3.95. The molecule has 2 N–H and O–H groups in total. The Bertz CT molecular complexity index is 378. The van der Waals surface area contributed by atoms with Crippen LogP contribution in [0.3, 0.4) is 0 Å². The molecule has 116 valence electrons. The molecule has 0 bridgehead atoms. The van der Waals surface area contributed by atoms with E-state index in [2.05, 4.69) is 20.6 Å². The van der Waals surface area contributed by atoms with Crippen LogP contribution in [0.4, 0.5) is 13.2 Å². The molecule has 20 heavy (non-hydrogen) atoms. The van der Waals surface area contributed by atoms with E-state index in [9.17, 15) is 13.2 Å². The topological polar surface area (TPSA) is 54.2 Å². The van der Waals surface area contributed by atoms with Crippen molar-refractivity contribution in [3.63, 3.8) is 0 Å². The van der Waals surface area contributed by atoms with Crippen LogP contribution in [0.25, 0.3) is 0 Å². The van der Waals surface area contributed by atoms with Crippen LogP contribution in [-0.4, -0.2) is 41.8 Å².